The number of rotatable bonds is 5. The second-order valence-electron chi connectivity index (χ2n) is 7.32. The zero-order chi connectivity index (χ0) is 17.9. The van der Waals surface area contributed by atoms with E-state index in [9.17, 15) is 0 Å². The number of anilines is 1. The van der Waals surface area contributed by atoms with Crippen molar-refractivity contribution in [2.24, 2.45) is 0 Å². The Morgan fingerprint density at radius 2 is 1.80 bits per heavy atom. The Kier molecular flexibility index (Phi) is 4.79. The van der Waals surface area contributed by atoms with Crippen LogP contribution in [-0.2, 0) is 12.0 Å². The Labute approximate surface area is 149 Å². The topological polar surface area (TPSA) is 49.9 Å². The molecule has 0 amide bonds. The van der Waals surface area contributed by atoms with E-state index >= 15 is 0 Å². The van der Waals surface area contributed by atoms with Crippen LogP contribution in [0.5, 0.6) is 11.5 Å². The molecule has 0 bridgehead atoms. The second kappa shape index (κ2) is 7.01. The van der Waals surface area contributed by atoms with Gasteiger partial charge in [0.15, 0.2) is 0 Å². The minimum atomic E-state index is 0.0546. The molecule has 0 saturated carbocycles. The van der Waals surface area contributed by atoms with Crippen molar-refractivity contribution >= 4 is 5.69 Å². The fourth-order valence-corrected chi connectivity index (χ4v) is 2.75. The smallest absolute Gasteiger partial charge is 0.127 e. The van der Waals surface area contributed by atoms with Crippen LogP contribution in [0, 0.1) is 6.92 Å². The number of aromatic nitrogens is 2. The van der Waals surface area contributed by atoms with Gasteiger partial charge in [0, 0.05) is 28.9 Å². The zero-order valence-corrected chi connectivity index (χ0v) is 15.3. The Morgan fingerprint density at radius 3 is 2.48 bits per heavy atom. The largest absolute Gasteiger partial charge is 0.457 e. The monoisotopic (exact) mass is 335 g/mol. The summed E-state index contributed by atoms with van der Waals surface area (Å²) >= 11 is 0. The van der Waals surface area contributed by atoms with Crippen LogP contribution in [0.1, 0.15) is 37.6 Å². The van der Waals surface area contributed by atoms with Crippen molar-refractivity contribution in [1.29, 1.82) is 0 Å². The SMILES string of the molecule is Cc1cccc(Oc2ccc(NCc3cn[nH]c3C(C)(C)C)cc2)c1. The molecule has 25 heavy (non-hydrogen) atoms. The third-order valence-corrected chi connectivity index (χ3v) is 4.03. The van der Waals surface area contributed by atoms with Gasteiger partial charge >= 0.3 is 0 Å². The Bertz CT molecular complexity index is 829. The zero-order valence-electron chi connectivity index (χ0n) is 15.3. The highest BCUT2D eigenvalue weighted by Crippen LogP contribution is 2.26. The van der Waals surface area contributed by atoms with Crippen LogP contribution in [0.4, 0.5) is 5.69 Å². The Balaban J connectivity index is 1.63. The van der Waals surface area contributed by atoms with E-state index in [1.165, 1.54) is 16.8 Å². The van der Waals surface area contributed by atoms with Crippen LogP contribution in [0.2, 0.25) is 0 Å². The Morgan fingerprint density at radius 1 is 1.04 bits per heavy atom. The summed E-state index contributed by atoms with van der Waals surface area (Å²) < 4.78 is 5.89. The van der Waals surface area contributed by atoms with Crippen molar-refractivity contribution in [3.63, 3.8) is 0 Å². The fourth-order valence-electron chi connectivity index (χ4n) is 2.75. The number of aryl methyl sites for hydroxylation is 1. The van der Waals surface area contributed by atoms with E-state index in [1.807, 2.05) is 48.7 Å². The normalized spacial score (nSPS) is 11.4. The molecule has 0 radical (unpaired) electrons. The molecule has 0 saturated heterocycles. The van der Waals surface area contributed by atoms with Gasteiger partial charge in [-0.1, -0.05) is 32.9 Å². The first kappa shape index (κ1) is 17.1. The Hall–Kier alpha value is -2.75. The highest BCUT2D eigenvalue weighted by molar-refractivity contribution is 5.48. The van der Waals surface area contributed by atoms with Gasteiger partial charge in [-0.3, -0.25) is 5.10 Å². The minimum Gasteiger partial charge on any atom is -0.457 e. The number of H-pyrrole nitrogens is 1. The van der Waals surface area contributed by atoms with E-state index in [0.29, 0.717) is 0 Å². The summed E-state index contributed by atoms with van der Waals surface area (Å²) in [4.78, 5) is 0. The fraction of sp³-hybridized carbons (Fsp3) is 0.286. The molecule has 0 aliphatic carbocycles. The van der Waals surface area contributed by atoms with E-state index in [4.69, 9.17) is 4.74 Å². The lowest BCUT2D eigenvalue weighted by Gasteiger charge is -2.18. The van der Waals surface area contributed by atoms with Crippen LogP contribution in [0.3, 0.4) is 0 Å². The minimum absolute atomic E-state index is 0.0546. The molecule has 0 fully saturated rings. The van der Waals surface area contributed by atoms with E-state index in [1.54, 1.807) is 0 Å². The van der Waals surface area contributed by atoms with E-state index in [0.717, 1.165) is 23.7 Å². The summed E-state index contributed by atoms with van der Waals surface area (Å²) in [6, 6.07) is 16.1. The number of nitrogens with one attached hydrogen (secondary N) is 2. The van der Waals surface area contributed by atoms with Crippen LogP contribution < -0.4 is 10.1 Å². The van der Waals surface area contributed by atoms with Crippen molar-refractivity contribution in [3.05, 3.63) is 71.5 Å². The van der Waals surface area contributed by atoms with Gasteiger partial charge in [-0.25, -0.2) is 0 Å². The lowest BCUT2D eigenvalue weighted by atomic mass is 9.89. The maximum Gasteiger partial charge on any atom is 0.127 e. The molecule has 1 aromatic heterocycles. The molecule has 4 nitrogen and oxygen atoms in total. The highest BCUT2D eigenvalue weighted by Gasteiger charge is 2.19. The highest BCUT2D eigenvalue weighted by atomic mass is 16.5. The molecule has 0 unspecified atom stereocenters. The molecule has 0 aliphatic heterocycles. The van der Waals surface area contributed by atoms with Gasteiger partial charge < -0.3 is 10.1 Å². The predicted octanol–water partition coefficient (Wildman–Crippen LogP) is 5.42. The summed E-state index contributed by atoms with van der Waals surface area (Å²) in [5.74, 6) is 1.68. The molecule has 2 aromatic carbocycles. The maximum absolute atomic E-state index is 5.89. The van der Waals surface area contributed by atoms with Crippen LogP contribution in [0.15, 0.2) is 54.7 Å². The maximum atomic E-state index is 5.89. The van der Waals surface area contributed by atoms with Crippen molar-refractivity contribution in [2.45, 2.75) is 39.7 Å². The summed E-state index contributed by atoms with van der Waals surface area (Å²) in [5.41, 5.74) is 4.65. The molecule has 3 rings (SSSR count). The van der Waals surface area contributed by atoms with E-state index < -0.39 is 0 Å². The number of ether oxygens (including phenoxy) is 1. The first-order chi connectivity index (χ1) is 11.9. The molecule has 0 aliphatic rings. The quantitative estimate of drug-likeness (QED) is 0.654. The third-order valence-electron chi connectivity index (χ3n) is 4.03. The number of nitrogens with zero attached hydrogens (tertiary/aromatic N) is 1. The molecule has 3 aromatic rings. The summed E-state index contributed by atoms with van der Waals surface area (Å²) in [6.07, 6.45) is 1.89. The van der Waals surface area contributed by atoms with Crippen molar-refractivity contribution in [3.8, 4) is 11.5 Å². The van der Waals surface area contributed by atoms with Crippen LogP contribution in [0.25, 0.3) is 0 Å². The van der Waals surface area contributed by atoms with Gasteiger partial charge in [0.25, 0.3) is 0 Å². The lowest BCUT2D eigenvalue weighted by Crippen LogP contribution is -2.15. The first-order valence-corrected chi connectivity index (χ1v) is 8.53. The molecule has 2 N–H and O–H groups in total. The summed E-state index contributed by atoms with van der Waals surface area (Å²) in [5, 5.41) is 10.7. The van der Waals surface area contributed by atoms with Gasteiger partial charge in [0.05, 0.1) is 6.20 Å². The van der Waals surface area contributed by atoms with Gasteiger partial charge in [-0.15, -0.1) is 0 Å². The summed E-state index contributed by atoms with van der Waals surface area (Å²) in [6.45, 7) is 9.34. The molecule has 0 atom stereocenters. The third kappa shape index (κ3) is 4.41. The number of benzene rings is 2. The van der Waals surface area contributed by atoms with Crippen molar-refractivity contribution < 1.29 is 4.74 Å². The first-order valence-electron chi connectivity index (χ1n) is 8.53. The van der Waals surface area contributed by atoms with Gasteiger partial charge in [0.1, 0.15) is 11.5 Å². The van der Waals surface area contributed by atoms with Crippen LogP contribution in [-0.4, -0.2) is 10.2 Å². The van der Waals surface area contributed by atoms with Crippen molar-refractivity contribution in [1.82, 2.24) is 10.2 Å². The molecule has 0 spiro atoms. The molecule has 4 heteroatoms. The number of aromatic amines is 1. The predicted molar refractivity (Wildman–Crippen MR) is 102 cm³/mol. The number of hydrogen-bond acceptors (Lipinski definition) is 3. The van der Waals surface area contributed by atoms with E-state index in [-0.39, 0.29) is 5.41 Å². The second-order valence-corrected chi connectivity index (χ2v) is 7.32. The average Bonchev–Trinajstić information content (AvgIpc) is 3.03. The van der Waals surface area contributed by atoms with Crippen LogP contribution >= 0.6 is 0 Å². The van der Waals surface area contributed by atoms with Gasteiger partial charge in [-0.05, 0) is 48.9 Å². The van der Waals surface area contributed by atoms with Gasteiger partial charge in [-0.2, -0.15) is 5.10 Å². The molecular formula is C21H25N3O. The van der Waals surface area contributed by atoms with E-state index in [2.05, 4.69) is 49.3 Å². The molecule has 1 heterocycles. The summed E-state index contributed by atoms with van der Waals surface area (Å²) in [7, 11) is 0. The van der Waals surface area contributed by atoms with Gasteiger partial charge in [0.2, 0.25) is 0 Å². The lowest BCUT2D eigenvalue weighted by molar-refractivity contribution is 0.482. The number of hydrogen-bond donors (Lipinski definition) is 2. The molecular weight excluding hydrogens is 310 g/mol. The molecule has 130 valence electrons. The average molecular weight is 335 g/mol. The van der Waals surface area contributed by atoms with Crippen molar-refractivity contribution in [2.75, 3.05) is 5.32 Å². The standard InChI is InChI=1S/C21H25N3O/c1-15-6-5-7-19(12-15)25-18-10-8-17(9-11-18)22-13-16-14-23-24-20(16)21(2,3)4/h5-12,14,22H,13H2,1-4H3,(H,23,24).